The molecule has 43 valence electrons. The molecule has 0 aromatic rings. The van der Waals surface area contributed by atoms with Crippen LogP contribution in [0.15, 0.2) is 24.3 Å². The molecule has 0 aliphatic heterocycles. The van der Waals surface area contributed by atoms with Crippen LogP contribution >= 0.6 is 0 Å². The summed E-state index contributed by atoms with van der Waals surface area (Å²) in [7, 11) is 0. The molecule has 0 atom stereocenters. The second-order valence-electron chi connectivity index (χ2n) is 1.98. The van der Waals surface area contributed by atoms with Crippen LogP contribution in [0.25, 0.3) is 0 Å². The fraction of sp³-hybridized carbons (Fsp3) is 0.375. The van der Waals surface area contributed by atoms with Crippen molar-refractivity contribution in [2.75, 3.05) is 0 Å². The number of allylic oxidation sites excluding steroid dienone is 4. The molecule has 0 N–H and O–H groups in total. The molecule has 0 bridgehead atoms. The molecule has 0 fully saturated rings. The second kappa shape index (κ2) is 3.48. The summed E-state index contributed by atoms with van der Waals surface area (Å²) in [5, 5.41) is 0. The average molecular weight is 107 g/mol. The third kappa shape index (κ3) is 1.97. The van der Waals surface area contributed by atoms with Crippen molar-refractivity contribution in [3.63, 3.8) is 0 Å². The molecule has 0 spiro atoms. The molecule has 8 heavy (non-hydrogen) atoms. The van der Waals surface area contributed by atoms with Crippen molar-refractivity contribution in [2.24, 2.45) is 0 Å². The molecule has 1 aliphatic rings. The Balaban J connectivity index is 2.33. The minimum atomic E-state index is 1.24. The lowest BCUT2D eigenvalue weighted by Crippen LogP contribution is -1.75. The lowest BCUT2D eigenvalue weighted by atomic mass is 10.1. The van der Waals surface area contributed by atoms with Crippen LogP contribution in [0, 0.1) is 6.42 Å². The third-order valence-electron chi connectivity index (χ3n) is 1.24. The van der Waals surface area contributed by atoms with Gasteiger partial charge in [-0.25, -0.2) is 0 Å². The largest absolute Gasteiger partial charge is 0.0845 e. The van der Waals surface area contributed by atoms with Crippen LogP contribution < -0.4 is 0 Å². The first-order valence-corrected chi connectivity index (χ1v) is 3.15. The van der Waals surface area contributed by atoms with Crippen LogP contribution in [-0.2, 0) is 0 Å². The predicted molar refractivity (Wildman–Crippen MR) is 36.4 cm³/mol. The van der Waals surface area contributed by atoms with Crippen LogP contribution in [0.1, 0.15) is 19.3 Å². The minimum absolute atomic E-state index is 1.24. The van der Waals surface area contributed by atoms with Gasteiger partial charge in [0.25, 0.3) is 0 Å². The topological polar surface area (TPSA) is 0 Å². The molecular formula is C8H11. The van der Waals surface area contributed by atoms with Gasteiger partial charge in [0.2, 0.25) is 0 Å². The Hall–Kier alpha value is -0.520. The van der Waals surface area contributed by atoms with E-state index in [1.165, 1.54) is 19.3 Å². The van der Waals surface area contributed by atoms with Gasteiger partial charge in [-0.2, -0.15) is 0 Å². The number of rotatable bonds is 0. The van der Waals surface area contributed by atoms with Gasteiger partial charge in [-0.05, 0) is 25.7 Å². The zero-order valence-electron chi connectivity index (χ0n) is 5.01. The summed E-state index contributed by atoms with van der Waals surface area (Å²) in [5.41, 5.74) is 0. The van der Waals surface area contributed by atoms with Gasteiger partial charge in [0.1, 0.15) is 0 Å². The van der Waals surface area contributed by atoms with E-state index in [9.17, 15) is 0 Å². The van der Waals surface area contributed by atoms with Crippen molar-refractivity contribution in [2.45, 2.75) is 19.3 Å². The fourth-order valence-corrected chi connectivity index (χ4v) is 0.767. The van der Waals surface area contributed by atoms with Crippen molar-refractivity contribution >= 4 is 0 Å². The van der Waals surface area contributed by atoms with Crippen molar-refractivity contribution in [3.8, 4) is 0 Å². The summed E-state index contributed by atoms with van der Waals surface area (Å²) in [6, 6.07) is 0. The first-order chi connectivity index (χ1) is 4.00. The summed E-state index contributed by atoms with van der Waals surface area (Å²) in [6.07, 6.45) is 14.5. The van der Waals surface area contributed by atoms with Crippen LogP contribution in [0.2, 0.25) is 0 Å². The maximum Gasteiger partial charge on any atom is -0.0167 e. The molecule has 0 unspecified atom stereocenters. The number of hydrogen-bond donors (Lipinski definition) is 0. The highest BCUT2D eigenvalue weighted by molar-refractivity contribution is 5.08. The molecule has 0 amide bonds. The van der Waals surface area contributed by atoms with Crippen LogP contribution in [0.3, 0.4) is 0 Å². The van der Waals surface area contributed by atoms with E-state index in [1.54, 1.807) is 0 Å². The summed E-state index contributed by atoms with van der Waals surface area (Å²) in [6.45, 7) is 0. The van der Waals surface area contributed by atoms with E-state index in [4.69, 9.17) is 0 Å². The molecule has 1 radical (unpaired) electrons. The Morgan fingerprint density at radius 3 is 2.88 bits per heavy atom. The highest BCUT2D eigenvalue weighted by Crippen LogP contribution is 2.03. The van der Waals surface area contributed by atoms with Gasteiger partial charge in [0.15, 0.2) is 0 Å². The molecule has 0 nitrogen and oxygen atoms in total. The molecule has 1 rings (SSSR count). The van der Waals surface area contributed by atoms with E-state index in [0.717, 1.165) is 0 Å². The lowest BCUT2D eigenvalue weighted by Gasteiger charge is -1.93. The molecule has 0 heteroatoms. The van der Waals surface area contributed by atoms with E-state index >= 15 is 0 Å². The zero-order chi connectivity index (χ0) is 5.66. The summed E-state index contributed by atoms with van der Waals surface area (Å²) in [4.78, 5) is 0. The molecule has 1 aliphatic carbocycles. The highest BCUT2D eigenvalue weighted by Gasteiger charge is 1.84. The van der Waals surface area contributed by atoms with Crippen molar-refractivity contribution < 1.29 is 0 Å². The maximum atomic E-state index is 2.21. The van der Waals surface area contributed by atoms with Gasteiger partial charge >= 0.3 is 0 Å². The first kappa shape index (κ1) is 5.61. The Bertz CT molecular complexity index is 84.6. The maximum absolute atomic E-state index is 2.21. The Kier molecular flexibility index (Phi) is 2.44. The van der Waals surface area contributed by atoms with Crippen LogP contribution in [-0.4, -0.2) is 0 Å². The quantitative estimate of drug-likeness (QED) is 0.446. The van der Waals surface area contributed by atoms with Gasteiger partial charge in [-0.1, -0.05) is 24.3 Å². The average Bonchev–Trinajstić information content (AvgIpc) is 1.62. The Morgan fingerprint density at radius 2 is 1.88 bits per heavy atom. The summed E-state index contributed by atoms with van der Waals surface area (Å²) < 4.78 is 0. The van der Waals surface area contributed by atoms with E-state index in [0.29, 0.717) is 0 Å². The smallest absolute Gasteiger partial charge is 0.0167 e. The summed E-state index contributed by atoms with van der Waals surface area (Å²) in [5.74, 6) is 0. The van der Waals surface area contributed by atoms with Gasteiger partial charge in [-0.15, -0.1) is 0 Å². The standard InChI is InChI=1S/C8H11/c1-2-4-6-8-7-5-3-1/h1-5H,6-8H2/b2-1-,5-3-. The van der Waals surface area contributed by atoms with Crippen molar-refractivity contribution in [1.29, 1.82) is 0 Å². The van der Waals surface area contributed by atoms with Gasteiger partial charge < -0.3 is 0 Å². The van der Waals surface area contributed by atoms with Gasteiger partial charge in [0, 0.05) is 0 Å². The molecule has 0 aromatic heterocycles. The SMILES string of the molecule is [CH]1/C=C\C=C/CCC1. The van der Waals surface area contributed by atoms with E-state index in [1.807, 2.05) is 0 Å². The molecule has 0 saturated carbocycles. The van der Waals surface area contributed by atoms with E-state index in [2.05, 4.69) is 30.7 Å². The molecule has 0 saturated heterocycles. The highest BCUT2D eigenvalue weighted by atomic mass is 13.9. The monoisotopic (exact) mass is 107 g/mol. The van der Waals surface area contributed by atoms with E-state index < -0.39 is 0 Å². The van der Waals surface area contributed by atoms with Crippen molar-refractivity contribution in [3.05, 3.63) is 30.7 Å². The van der Waals surface area contributed by atoms with Crippen LogP contribution in [0.5, 0.6) is 0 Å². The van der Waals surface area contributed by atoms with Gasteiger partial charge in [-0.3, -0.25) is 0 Å². The molecule has 0 aromatic carbocycles. The zero-order valence-corrected chi connectivity index (χ0v) is 5.01. The van der Waals surface area contributed by atoms with E-state index in [-0.39, 0.29) is 0 Å². The van der Waals surface area contributed by atoms with Crippen LogP contribution in [0.4, 0.5) is 0 Å². The third-order valence-corrected chi connectivity index (χ3v) is 1.24. The molecule has 0 heterocycles. The number of hydrogen-bond acceptors (Lipinski definition) is 0. The fourth-order valence-electron chi connectivity index (χ4n) is 0.767. The Labute approximate surface area is 50.9 Å². The predicted octanol–water partition coefficient (Wildman–Crippen LogP) is 2.49. The normalized spacial score (nSPS) is 28.0. The lowest BCUT2D eigenvalue weighted by molar-refractivity contribution is 0.839. The molecular weight excluding hydrogens is 96.1 g/mol. The summed E-state index contributed by atoms with van der Waals surface area (Å²) >= 11 is 0. The van der Waals surface area contributed by atoms with Crippen molar-refractivity contribution in [1.82, 2.24) is 0 Å². The minimum Gasteiger partial charge on any atom is -0.0845 e. The Morgan fingerprint density at radius 1 is 0.875 bits per heavy atom. The first-order valence-electron chi connectivity index (χ1n) is 3.15. The van der Waals surface area contributed by atoms with Gasteiger partial charge in [0.05, 0.1) is 0 Å². The second-order valence-corrected chi connectivity index (χ2v) is 1.98.